The maximum Gasteiger partial charge on any atom is 0.220 e. The van der Waals surface area contributed by atoms with Gasteiger partial charge in [-0.05, 0) is 51.1 Å². The molecule has 1 saturated carbocycles. The first-order chi connectivity index (χ1) is 9.29. The molecule has 0 aromatic carbocycles. The predicted molar refractivity (Wildman–Crippen MR) is 75.8 cm³/mol. The van der Waals surface area contributed by atoms with E-state index >= 15 is 0 Å². The van der Waals surface area contributed by atoms with E-state index < -0.39 is 0 Å². The van der Waals surface area contributed by atoms with Crippen molar-refractivity contribution in [3.8, 4) is 0 Å². The predicted octanol–water partition coefficient (Wildman–Crippen LogP) is 1.43. The molecule has 1 saturated heterocycles. The Morgan fingerprint density at radius 1 is 1.16 bits per heavy atom. The van der Waals surface area contributed by atoms with Crippen molar-refractivity contribution in [3.63, 3.8) is 0 Å². The number of nitrogens with one attached hydrogen (secondary N) is 2. The van der Waals surface area contributed by atoms with Gasteiger partial charge in [0.05, 0.1) is 0 Å². The van der Waals surface area contributed by atoms with Crippen LogP contribution in [0.25, 0.3) is 0 Å². The molecule has 19 heavy (non-hydrogen) atoms. The van der Waals surface area contributed by atoms with Gasteiger partial charge in [-0.2, -0.15) is 0 Å². The molecule has 3 N–H and O–H groups in total. The fraction of sp³-hybridized carbons (Fsp3) is 0.933. The lowest BCUT2D eigenvalue weighted by molar-refractivity contribution is -0.122. The SMILES string of the molecule is O=C(CCC1CCNCC1)NC1CCCCC1CO. The zero-order valence-electron chi connectivity index (χ0n) is 11.9. The monoisotopic (exact) mass is 268 g/mol. The first kappa shape index (κ1) is 14.8. The van der Waals surface area contributed by atoms with Gasteiger partial charge in [0.2, 0.25) is 5.91 Å². The third-order valence-electron chi connectivity index (χ3n) is 4.73. The smallest absolute Gasteiger partial charge is 0.220 e. The molecular formula is C15H28N2O2. The molecule has 2 atom stereocenters. The number of carbonyl (C=O) groups is 1. The number of aliphatic hydroxyl groups is 1. The minimum Gasteiger partial charge on any atom is -0.396 e. The Kier molecular flexibility index (Phi) is 6.11. The van der Waals surface area contributed by atoms with Gasteiger partial charge < -0.3 is 15.7 Å². The normalized spacial score (nSPS) is 29.1. The molecular weight excluding hydrogens is 240 g/mol. The molecule has 0 aromatic heterocycles. The van der Waals surface area contributed by atoms with E-state index in [9.17, 15) is 9.90 Å². The van der Waals surface area contributed by atoms with Crippen molar-refractivity contribution in [3.05, 3.63) is 0 Å². The standard InChI is InChI=1S/C15H28N2O2/c18-11-13-3-1-2-4-14(13)17-15(19)6-5-12-7-9-16-10-8-12/h12-14,16,18H,1-11H2,(H,17,19). The highest BCUT2D eigenvalue weighted by Crippen LogP contribution is 2.24. The maximum absolute atomic E-state index is 12.0. The van der Waals surface area contributed by atoms with E-state index in [0.29, 0.717) is 12.3 Å². The van der Waals surface area contributed by atoms with E-state index in [-0.39, 0.29) is 24.5 Å². The molecule has 1 heterocycles. The molecule has 1 amide bonds. The van der Waals surface area contributed by atoms with Crippen LogP contribution in [0.3, 0.4) is 0 Å². The zero-order chi connectivity index (χ0) is 13.5. The summed E-state index contributed by atoms with van der Waals surface area (Å²) in [5.41, 5.74) is 0. The van der Waals surface area contributed by atoms with Crippen LogP contribution < -0.4 is 10.6 Å². The molecule has 2 unspecified atom stereocenters. The van der Waals surface area contributed by atoms with Gasteiger partial charge in [0.25, 0.3) is 0 Å². The zero-order valence-corrected chi connectivity index (χ0v) is 11.9. The molecule has 0 spiro atoms. The lowest BCUT2D eigenvalue weighted by Gasteiger charge is -2.31. The average molecular weight is 268 g/mol. The summed E-state index contributed by atoms with van der Waals surface area (Å²) in [6, 6.07) is 0.208. The van der Waals surface area contributed by atoms with Crippen LogP contribution in [-0.4, -0.2) is 36.8 Å². The van der Waals surface area contributed by atoms with Crippen molar-refractivity contribution in [1.29, 1.82) is 0 Å². The number of hydrogen-bond donors (Lipinski definition) is 3. The third-order valence-corrected chi connectivity index (χ3v) is 4.73. The van der Waals surface area contributed by atoms with Crippen molar-refractivity contribution in [1.82, 2.24) is 10.6 Å². The highest BCUT2D eigenvalue weighted by molar-refractivity contribution is 5.76. The Labute approximate surface area is 116 Å². The topological polar surface area (TPSA) is 61.4 Å². The lowest BCUT2D eigenvalue weighted by atomic mass is 9.85. The molecule has 2 fully saturated rings. The van der Waals surface area contributed by atoms with E-state index in [1.54, 1.807) is 0 Å². The molecule has 110 valence electrons. The maximum atomic E-state index is 12.0. The fourth-order valence-corrected chi connectivity index (χ4v) is 3.40. The number of hydrogen-bond acceptors (Lipinski definition) is 3. The summed E-state index contributed by atoms with van der Waals surface area (Å²) < 4.78 is 0. The summed E-state index contributed by atoms with van der Waals surface area (Å²) in [5, 5.41) is 15.8. The van der Waals surface area contributed by atoms with Crippen LogP contribution in [0, 0.1) is 11.8 Å². The Morgan fingerprint density at radius 3 is 2.63 bits per heavy atom. The van der Waals surface area contributed by atoms with E-state index in [4.69, 9.17) is 0 Å². The molecule has 4 nitrogen and oxygen atoms in total. The van der Waals surface area contributed by atoms with E-state index in [1.165, 1.54) is 25.7 Å². The highest BCUT2D eigenvalue weighted by atomic mass is 16.3. The van der Waals surface area contributed by atoms with E-state index in [0.717, 1.165) is 32.4 Å². The first-order valence-corrected chi connectivity index (χ1v) is 7.90. The molecule has 4 heteroatoms. The van der Waals surface area contributed by atoms with Crippen molar-refractivity contribution in [2.75, 3.05) is 19.7 Å². The number of piperidine rings is 1. The third kappa shape index (κ3) is 4.77. The number of carbonyl (C=O) groups excluding carboxylic acids is 1. The second-order valence-electron chi connectivity index (χ2n) is 6.13. The van der Waals surface area contributed by atoms with Crippen LogP contribution >= 0.6 is 0 Å². The molecule has 0 aromatic rings. The first-order valence-electron chi connectivity index (χ1n) is 7.90. The average Bonchev–Trinajstić information content (AvgIpc) is 2.47. The molecule has 2 rings (SSSR count). The van der Waals surface area contributed by atoms with Gasteiger partial charge in [0.1, 0.15) is 0 Å². The van der Waals surface area contributed by atoms with Gasteiger partial charge in [-0.3, -0.25) is 4.79 Å². The van der Waals surface area contributed by atoms with Gasteiger partial charge in [-0.25, -0.2) is 0 Å². The molecule has 0 bridgehead atoms. The summed E-state index contributed by atoms with van der Waals surface area (Å²) in [7, 11) is 0. The lowest BCUT2D eigenvalue weighted by Crippen LogP contribution is -2.43. The minimum atomic E-state index is 0.184. The largest absolute Gasteiger partial charge is 0.396 e. The quantitative estimate of drug-likeness (QED) is 0.707. The molecule has 2 aliphatic rings. The second-order valence-corrected chi connectivity index (χ2v) is 6.13. The number of amides is 1. The van der Waals surface area contributed by atoms with E-state index in [2.05, 4.69) is 10.6 Å². The van der Waals surface area contributed by atoms with Crippen LogP contribution in [0.15, 0.2) is 0 Å². The Morgan fingerprint density at radius 2 is 1.89 bits per heavy atom. The Bertz CT molecular complexity index is 277. The van der Waals surface area contributed by atoms with E-state index in [1.807, 2.05) is 0 Å². The Hall–Kier alpha value is -0.610. The van der Waals surface area contributed by atoms with Crippen molar-refractivity contribution in [2.45, 2.75) is 57.4 Å². The number of aliphatic hydroxyl groups excluding tert-OH is 1. The van der Waals surface area contributed by atoms with Crippen LogP contribution in [0.1, 0.15) is 51.4 Å². The summed E-state index contributed by atoms with van der Waals surface area (Å²) in [6.07, 6.45) is 8.53. The summed E-state index contributed by atoms with van der Waals surface area (Å²) in [5.74, 6) is 1.17. The summed E-state index contributed by atoms with van der Waals surface area (Å²) in [6.45, 7) is 2.40. The minimum absolute atomic E-state index is 0.184. The van der Waals surface area contributed by atoms with Crippen LogP contribution in [0.5, 0.6) is 0 Å². The molecule has 0 radical (unpaired) electrons. The Balaban J connectivity index is 1.67. The van der Waals surface area contributed by atoms with Gasteiger partial charge in [-0.15, -0.1) is 0 Å². The van der Waals surface area contributed by atoms with Crippen LogP contribution in [0.2, 0.25) is 0 Å². The number of rotatable bonds is 5. The molecule has 1 aliphatic carbocycles. The van der Waals surface area contributed by atoms with Crippen molar-refractivity contribution in [2.24, 2.45) is 11.8 Å². The van der Waals surface area contributed by atoms with Crippen molar-refractivity contribution < 1.29 is 9.90 Å². The van der Waals surface area contributed by atoms with Crippen molar-refractivity contribution >= 4 is 5.91 Å². The van der Waals surface area contributed by atoms with Crippen LogP contribution in [-0.2, 0) is 4.79 Å². The molecule has 1 aliphatic heterocycles. The van der Waals surface area contributed by atoms with Gasteiger partial charge in [0, 0.05) is 25.0 Å². The summed E-state index contributed by atoms with van der Waals surface area (Å²) in [4.78, 5) is 12.0. The summed E-state index contributed by atoms with van der Waals surface area (Å²) >= 11 is 0. The second kappa shape index (κ2) is 7.85. The van der Waals surface area contributed by atoms with Crippen LogP contribution in [0.4, 0.5) is 0 Å². The van der Waals surface area contributed by atoms with Gasteiger partial charge >= 0.3 is 0 Å². The fourth-order valence-electron chi connectivity index (χ4n) is 3.40. The van der Waals surface area contributed by atoms with Gasteiger partial charge in [0.15, 0.2) is 0 Å². The highest BCUT2D eigenvalue weighted by Gasteiger charge is 2.25. The van der Waals surface area contributed by atoms with Gasteiger partial charge in [-0.1, -0.05) is 12.8 Å².